The number of rotatable bonds is 6. The van der Waals surface area contributed by atoms with Gasteiger partial charge >= 0.3 is 0 Å². The van der Waals surface area contributed by atoms with E-state index >= 15 is 0 Å². The summed E-state index contributed by atoms with van der Waals surface area (Å²) in [6.45, 7) is 7.59. The van der Waals surface area contributed by atoms with Crippen LogP contribution in [0.1, 0.15) is 20.3 Å². The van der Waals surface area contributed by atoms with Gasteiger partial charge in [-0.25, -0.2) is 0 Å². The van der Waals surface area contributed by atoms with Crippen LogP contribution in [0, 0.1) is 5.92 Å². The fourth-order valence-corrected chi connectivity index (χ4v) is 2.06. The Morgan fingerprint density at radius 1 is 1.35 bits per heavy atom. The van der Waals surface area contributed by atoms with Gasteiger partial charge in [-0.05, 0) is 31.5 Å². The number of fused-ring (bicyclic) bond motifs is 1. The SMILES string of the molecule is CCCNCC(C)Cn1ncc2ccccc21. The summed E-state index contributed by atoms with van der Waals surface area (Å²) >= 11 is 0. The smallest absolute Gasteiger partial charge is 0.0682 e. The predicted octanol–water partition coefficient (Wildman–Crippen LogP) is 2.67. The predicted molar refractivity (Wildman–Crippen MR) is 72.1 cm³/mol. The minimum Gasteiger partial charge on any atom is -0.316 e. The Morgan fingerprint density at radius 2 is 2.18 bits per heavy atom. The Labute approximate surface area is 103 Å². The molecule has 1 heterocycles. The van der Waals surface area contributed by atoms with Gasteiger partial charge in [-0.1, -0.05) is 32.0 Å². The molecule has 92 valence electrons. The number of aromatic nitrogens is 2. The molecule has 1 atom stereocenters. The molecule has 0 amide bonds. The van der Waals surface area contributed by atoms with Crippen molar-refractivity contribution in [1.29, 1.82) is 0 Å². The summed E-state index contributed by atoms with van der Waals surface area (Å²) in [5, 5.41) is 9.13. The number of hydrogen-bond acceptors (Lipinski definition) is 2. The van der Waals surface area contributed by atoms with E-state index in [1.54, 1.807) is 0 Å². The first kappa shape index (κ1) is 12.1. The van der Waals surface area contributed by atoms with Crippen molar-refractivity contribution >= 4 is 10.9 Å². The van der Waals surface area contributed by atoms with Crippen LogP contribution in [0.4, 0.5) is 0 Å². The Morgan fingerprint density at radius 3 is 3.00 bits per heavy atom. The van der Waals surface area contributed by atoms with Gasteiger partial charge in [0.1, 0.15) is 0 Å². The van der Waals surface area contributed by atoms with Crippen LogP contribution in [0.5, 0.6) is 0 Å². The summed E-state index contributed by atoms with van der Waals surface area (Å²) in [4.78, 5) is 0. The molecule has 0 spiro atoms. The van der Waals surface area contributed by atoms with E-state index in [2.05, 4.69) is 53.2 Å². The van der Waals surface area contributed by atoms with Crippen LogP contribution in [0.2, 0.25) is 0 Å². The van der Waals surface area contributed by atoms with E-state index in [0.29, 0.717) is 5.92 Å². The van der Waals surface area contributed by atoms with E-state index in [0.717, 1.165) is 19.6 Å². The molecule has 0 aliphatic heterocycles. The third-order valence-electron chi connectivity index (χ3n) is 2.96. The first-order valence-electron chi connectivity index (χ1n) is 6.42. The molecule has 0 aliphatic rings. The first-order valence-corrected chi connectivity index (χ1v) is 6.42. The van der Waals surface area contributed by atoms with Crippen LogP contribution in [-0.2, 0) is 6.54 Å². The van der Waals surface area contributed by atoms with Gasteiger partial charge in [0.2, 0.25) is 0 Å². The van der Waals surface area contributed by atoms with Gasteiger partial charge in [-0.15, -0.1) is 0 Å². The second kappa shape index (κ2) is 5.82. The molecule has 0 radical (unpaired) electrons. The van der Waals surface area contributed by atoms with Gasteiger partial charge in [0, 0.05) is 11.9 Å². The van der Waals surface area contributed by atoms with Crippen molar-refractivity contribution in [3.05, 3.63) is 30.5 Å². The molecule has 2 rings (SSSR count). The fraction of sp³-hybridized carbons (Fsp3) is 0.500. The van der Waals surface area contributed by atoms with Crippen LogP contribution in [-0.4, -0.2) is 22.9 Å². The van der Waals surface area contributed by atoms with E-state index in [1.807, 2.05) is 6.20 Å². The van der Waals surface area contributed by atoms with Gasteiger partial charge in [-0.3, -0.25) is 4.68 Å². The third-order valence-corrected chi connectivity index (χ3v) is 2.96. The molecule has 0 saturated carbocycles. The standard InChI is InChI=1S/C14H21N3/c1-3-8-15-9-12(2)11-17-14-7-5-4-6-13(14)10-16-17/h4-7,10,12,15H,3,8-9,11H2,1-2H3. The topological polar surface area (TPSA) is 29.9 Å². The quantitative estimate of drug-likeness (QED) is 0.775. The normalized spacial score (nSPS) is 13.1. The average Bonchev–Trinajstić information content (AvgIpc) is 2.73. The highest BCUT2D eigenvalue weighted by Gasteiger charge is 2.06. The monoisotopic (exact) mass is 231 g/mol. The van der Waals surface area contributed by atoms with Crippen molar-refractivity contribution < 1.29 is 0 Å². The average molecular weight is 231 g/mol. The number of nitrogens with one attached hydrogen (secondary N) is 1. The lowest BCUT2D eigenvalue weighted by Gasteiger charge is -2.13. The van der Waals surface area contributed by atoms with Crippen molar-refractivity contribution in [3.63, 3.8) is 0 Å². The zero-order chi connectivity index (χ0) is 12.1. The molecule has 0 aliphatic carbocycles. The van der Waals surface area contributed by atoms with E-state index < -0.39 is 0 Å². The minimum atomic E-state index is 0.602. The summed E-state index contributed by atoms with van der Waals surface area (Å²) in [5.41, 5.74) is 1.23. The molecule has 1 N–H and O–H groups in total. The number of nitrogens with zero attached hydrogens (tertiary/aromatic N) is 2. The molecule has 0 fully saturated rings. The fourth-order valence-electron chi connectivity index (χ4n) is 2.06. The van der Waals surface area contributed by atoms with Gasteiger partial charge in [0.25, 0.3) is 0 Å². The lowest BCUT2D eigenvalue weighted by molar-refractivity contribution is 0.430. The molecule has 2 aromatic rings. The van der Waals surface area contributed by atoms with Crippen molar-refractivity contribution in [2.24, 2.45) is 5.92 Å². The van der Waals surface area contributed by atoms with Crippen LogP contribution in [0.15, 0.2) is 30.5 Å². The summed E-state index contributed by atoms with van der Waals surface area (Å²) in [7, 11) is 0. The lowest BCUT2D eigenvalue weighted by atomic mass is 10.2. The molecule has 17 heavy (non-hydrogen) atoms. The Bertz CT molecular complexity index is 461. The van der Waals surface area contributed by atoms with E-state index in [-0.39, 0.29) is 0 Å². The molecule has 1 aromatic heterocycles. The van der Waals surface area contributed by atoms with Crippen LogP contribution in [0.3, 0.4) is 0 Å². The highest BCUT2D eigenvalue weighted by atomic mass is 15.3. The molecule has 3 heteroatoms. The maximum absolute atomic E-state index is 4.45. The third kappa shape index (κ3) is 3.07. The van der Waals surface area contributed by atoms with Crippen LogP contribution < -0.4 is 5.32 Å². The van der Waals surface area contributed by atoms with E-state index in [9.17, 15) is 0 Å². The van der Waals surface area contributed by atoms with Gasteiger partial charge in [0.05, 0.1) is 11.7 Å². The number of hydrogen-bond donors (Lipinski definition) is 1. The first-order chi connectivity index (χ1) is 8.31. The molecule has 1 unspecified atom stereocenters. The van der Waals surface area contributed by atoms with Crippen LogP contribution in [0.25, 0.3) is 10.9 Å². The van der Waals surface area contributed by atoms with Crippen molar-refractivity contribution in [2.75, 3.05) is 13.1 Å². The van der Waals surface area contributed by atoms with Crippen molar-refractivity contribution in [3.8, 4) is 0 Å². The zero-order valence-electron chi connectivity index (χ0n) is 10.7. The molecule has 0 bridgehead atoms. The number of para-hydroxylation sites is 1. The minimum absolute atomic E-state index is 0.602. The van der Waals surface area contributed by atoms with Crippen molar-refractivity contribution in [2.45, 2.75) is 26.8 Å². The summed E-state index contributed by atoms with van der Waals surface area (Å²) in [6, 6.07) is 8.37. The number of benzene rings is 1. The Balaban J connectivity index is 1.98. The zero-order valence-corrected chi connectivity index (χ0v) is 10.7. The highest BCUT2D eigenvalue weighted by molar-refractivity contribution is 5.78. The Kier molecular flexibility index (Phi) is 4.15. The van der Waals surface area contributed by atoms with E-state index in [1.165, 1.54) is 17.3 Å². The molecular weight excluding hydrogens is 210 g/mol. The largest absolute Gasteiger partial charge is 0.316 e. The van der Waals surface area contributed by atoms with Crippen LogP contribution >= 0.6 is 0 Å². The summed E-state index contributed by atoms with van der Waals surface area (Å²) in [5.74, 6) is 0.602. The van der Waals surface area contributed by atoms with Gasteiger partial charge in [0.15, 0.2) is 0 Å². The van der Waals surface area contributed by atoms with E-state index in [4.69, 9.17) is 0 Å². The molecule has 1 aromatic carbocycles. The van der Waals surface area contributed by atoms with Gasteiger partial charge in [-0.2, -0.15) is 5.10 Å². The summed E-state index contributed by atoms with van der Waals surface area (Å²) < 4.78 is 2.10. The second-order valence-electron chi connectivity index (χ2n) is 4.69. The lowest BCUT2D eigenvalue weighted by Crippen LogP contribution is -2.25. The molecule has 3 nitrogen and oxygen atoms in total. The molecule has 0 saturated heterocycles. The molecular formula is C14H21N3. The maximum atomic E-state index is 4.45. The Hall–Kier alpha value is -1.35. The van der Waals surface area contributed by atoms with Crippen molar-refractivity contribution in [1.82, 2.24) is 15.1 Å². The maximum Gasteiger partial charge on any atom is 0.0682 e. The second-order valence-corrected chi connectivity index (χ2v) is 4.69. The summed E-state index contributed by atoms with van der Waals surface area (Å²) in [6.07, 6.45) is 3.14. The highest BCUT2D eigenvalue weighted by Crippen LogP contribution is 2.13. The van der Waals surface area contributed by atoms with Gasteiger partial charge < -0.3 is 5.32 Å².